The van der Waals surface area contributed by atoms with Gasteiger partial charge in [0.25, 0.3) is 0 Å². The Morgan fingerprint density at radius 1 is 1.38 bits per heavy atom. The fraction of sp³-hybridized carbons (Fsp3) is 0.385. The number of halogens is 1. The number of Topliss-reactive ketones (excluding diaryl/α,β-unsaturated/α-hetero) is 1. The van der Waals surface area contributed by atoms with Crippen molar-refractivity contribution in [3.05, 3.63) is 34.3 Å². The van der Waals surface area contributed by atoms with Crippen molar-refractivity contribution in [1.82, 2.24) is 0 Å². The number of carbonyl (C=O) groups excluding carboxylic acids is 1. The monoisotopic (exact) mass is 235 g/mol. The van der Waals surface area contributed by atoms with E-state index in [-0.39, 0.29) is 11.7 Å². The summed E-state index contributed by atoms with van der Waals surface area (Å²) in [6.07, 6.45) is 0. The third-order valence-corrected chi connectivity index (χ3v) is 2.63. The van der Waals surface area contributed by atoms with Gasteiger partial charge in [-0.05, 0) is 36.6 Å². The van der Waals surface area contributed by atoms with Gasteiger partial charge < -0.3 is 0 Å². The van der Waals surface area contributed by atoms with E-state index in [4.69, 9.17) is 16.9 Å². The van der Waals surface area contributed by atoms with Gasteiger partial charge in [0.05, 0.1) is 6.07 Å². The zero-order chi connectivity index (χ0) is 12.3. The third kappa shape index (κ3) is 2.84. The van der Waals surface area contributed by atoms with Gasteiger partial charge in [-0.25, -0.2) is 0 Å². The summed E-state index contributed by atoms with van der Waals surface area (Å²) in [5, 5.41) is 9.49. The molecular formula is C13H14ClNO. The van der Waals surface area contributed by atoms with E-state index in [2.05, 4.69) is 0 Å². The van der Waals surface area contributed by atoms with Crippen LogP contribution in [0, 0.1) is 30.1 Å². The van der Waals surface area contributed by atoms with Crippen LogP contribution in [0.15, 0.2) is 18.2 Å². The van der Waals surface area contributed by atoms with Gasteiger partial charge in [0.15, 0.2) is 5.78 Å². The highest BCUT2D eigenvalue weighted by atomic mass is 35.5. The number of carbonyl (C=O) groups is 1. The molecule has 0 radical (unpaired) electrons. The molecule has 1 unspecified atom stereocenters. The molecule has 84 valence electrons. The van der Waals surface area contributed by atoms with Crippen molar-refractivity contribution in [3.63, 3.8) is 0 Å². The van der Waals surface area contributed by atoms with Crippen molar-refractivity contribution in [2.45, 2.75) is 20.8 Å². The number of ketones is 1. The molecule has 1 aromatic rings. The molecule has 0 aliphatic carbocycles. The summed E-state index contributed by atoms with van der Waals surface area (Å²) >= 11 is 5.89. The summed E-state index contributed by atoms with van der Waals surface area (Å²) in [5.41, 5.74) is 1.45. The molecule has 0 saturated heterocycles. The van der Waals surface area contributed by atoms with E-state index >= 15 is 0 Å². The second kappa shape index (κ2) is 5.14. The Bertz CT molecular complexity index is 425. The van der Waals surface area contributed by atoms with Gasteiger partial charge >= 0.3 is 0 Å². The molecule has 0 N–H and O–H groups in total. The van der Waals surface area contributed by atoms with Crippen molar-refractivity contribution in [2.75, 3.05) is 0 Å². The Labute approximate surface area is 101 Å². The van der Waals surface area contributed by atoms with Crippen molar-refractivity contribution >= 4 is 17.4 Å². The zero-order valence-electron chi connectivity index (χ0n) is 9.62. The van der Waals surface area contributed by atoms with Crippen molar-refractivity contribution in [3.8, 4) is 6.07 Å². The van der Waals surface area contributed by atoms with Gasteiger partial charge in [-0.2, -0.15) is 5.26 Å². The van der Waals surface area contributed by atoms with Crippen LogP contribution in [0.1, 0.15) is 29.8 Å². The number of rotatable bonds is 3. The first-order chi connectivity index (χ1) is 7.45. The molecule has 0 aliphatic heterocycles. The fourth-order valence-electron chi connectivity index (χ4n) is 1.57. The van der Waals surface area contributed by atoms with E-state index in [0.717, 1.165) is 5.56 Å². The molecule has 0 aromatic heterocycles. The van der Waals surface area contributed by atoms with Gasteiger partial charge in [0, 0.05) is 10.6 Å². The van der Waals surface area contributed by atoms with E-state index in [1.165, 1.54) is 0 Å². The molecule has 16 heavy (non-hydrogen) atoms. The minimum atomic E-state index is -0.599. The van der Waals surface area contributed by atoms with Crippen LogP contribution in [-0.2, 0) is 0 Å². The fourth-order valence-corrected chi connectivity index (χ4v) is 1.86. The largest absolute Gasteiger partial charge is 0.293 e. The first-order valence-electron chi connectivity index (χ1n) is 5.16. The topological polar surface area (TPSA) is 40.9 Å². The Balaban J connectivity index is 3.09. The van der Waals surface area contributed by atoms with Crippen LogP contribution in [0.3, 0.4) is 0 Å². The highest BCUT2D eigenvalue weighted by Crippen LogP contribution is 2.20. The zero-order valence-corrected chi connectivity index (χ0v) is 10.4. The maximum Gasteiger partial charge on any atom is 0.180 e. The normalized spacial score (nSPS) is 12.2. The molecule has 0 fully saturated rings. The summed E-state index contributed by atoms with van der Waals surface area (Å²) in [6.45, 7) is 5.60. The lowest BCUT2D eigenvalue weighted by molar-refractivity contribution is 0.0924. The molecule has 1 rings (SSSR count). The summed E-state index contributed by atoms with van der Waals surface area (Å²) in [6, 6.07) is 7.21. The maximum absolute atomic E-state index is 12.0. The number of benzene rings is 1. The quantitative estimate of drug-likeness (QED) is 0.751. The van der Waals surface area contributed by atoms with E-state index in [9.17, 15) is 4.79 Å². The molecule has 2 nitrogen and oxygen atoms in total. The van der Waals surface area contributed by atoms with Crippen molar-refractivity contribution < 1.29 is 4.79 Å². The minimum Gasteiger partial charge on any atom is -0.293 e. The lowest BCUT2D eigenvalue weighted by Gasteiger charge is -2.12. The van der Waals surface area contributed by atoms with Crippen molar-refractivity contribution in [1.29, 1.82) is 5.26 Å². The average molecular weight is 236 g/mol. The van der Waals surface area contributed by atoms with Crippen LogP contribution in [0.4, 0.5) is 0 Å². The maximum atomic E-state index is 12.0. The Morgan fingerprint density at radius 2 is 2.00 bits per heavy atom. The van der Waals surface area contributed by atoms with Gasteiger partial charge in [0.1, 0.15) is 5.92 Å². The predicted molar refractivity (Wildman–Crippen MR) is 64.5 cm³/mol. The van der Waals surface area contributed by atoms with Crippen LogP contribution < -0.4 is 0 Å². The molecule has 1 aromatic carbocycles. The lowest BCUT2D eigenvalue weighted by atomic mass is 9.89. The number of hydrogen-bond donors (Lipinski definition) is 0. The van der Waals surface area contributed by atoms with E-state index < -0.39 is 5.92 Å². The summed E-state index contributed by atoms with van der Waals surface area (Å²) in [5.74, 6) is -0.738. The Kier molecular flexibility index (Phi) is 4.09. The van der Waals surface area contributed by atoms with Gasteiger partial charge in [-0.15, -0.1) is 0 Å². The first-order valence-corrected chi connectivity index (χ1v) is 5.54. The molecule has 0 amide bonds. The van der Waals surface area contributed by atoms with Crippen LogP contribution in [-0.4, -0.2) is 5.78 Å². The number of aryl methyl sites for hydroxylation is 1. The Hall–Kier alpha value is -1.33. The smallest absolute Gasteiger partial charge is 0.180 e. The molecule has 0 heterocycles. The number of nitrogens with zero attached hydrogens (tertiary/aromatic N) is 1. The van der Waals surface area contributed by atoms with Crippen LogP contribution in [0.5, 0.6) is 0 Å². The van der Waals surface area contributed by atoms with Crippen molar-refractivity contribution in [2.24, 2.45) is 11.8 Å². The molecule has 3 heteroatoms. The highest BCUT2D eigenvalue weighted by molar-refractivity contribution is 6.31. The molecule has 0 saturated carbocycles. The molecule has 0 spiro atoms. The standard InChI is InChI=1S/C13H14ClNO/c1-8(2)12(7-15)13(16)10-4-9(3)5-11(14)6-10/h4-6,8,12H,1-3H3. The average Bonchev–Trinajstić information content (AvgIpc) is 2.16. The molecule has 0 bridgehead atoms. The SMILES string of the molecule is Cc1cc(Cl)cc(C(=O)C(C#N)C(C)C)c1. The first kappa shape index (κ1) is 12.7. The van der Waals surface area contributed by atoms with Crippen LogP contribution >= 0.6 is 11.6 Å². The summed E-state index contributed by atoms with van der Waals surface area (Å²) in [4.78, 5) is 12.0. The van der Waals surface area contributed by atoms with Gasteiger partial charge in [0.2, 0.25) is 0 Å². The third-order valence-electron chi connectivity index (χ3n) is 2.41. The van der Waals surface area contributed by atoms with Gasteiger partial charge in [-0.1, -0.05) is 25.4 Å². The Morgan fingerprint density at radius 3 is 2.44 bits per heavy atom. The minimum absolute atomic E-state index is 0.0109. The van der Waals surface area contributed by atoms with E-state index in [1.54, 1.807) is 18.2 Å². The lowest BCUT2D eigenvalue weighted by Crippen LogP contribution is -2.18. The van der Waals surface area contributed by atoms with Crippen LogP contribution in [0.2, 0.25) is 5.02 Å². The van der Waals surface area contributed by atoms with E-state index in [1.807, 2.05) is 26.8 Å². The van der Waals surface area contributed by atoms with Crippen LogP contribution in [0.25, 0.3) is 0 Å². The molecule has 0 aliphatic rings. The number of nitriles is 1. The summed E-state index contributed by atoms with van der Waals surface area (Å²) < 4.78 is 0. The summed E-state index contributed by atoms with van der Waals surface area (Å²) in [7, 11) is 0. The number of hydrogen-bond acceptors (Lipinski definition) is 2. The molecular weight excluding hydrogens is 222 g/mol. The predicted octanol–water partition coefficient (Wildman–Crippen LogP) is 3.63. The molecule has 1 atom stereocenters. The second-order valence-electron chi connectivity index (χ2n) is 4.23. The van der Waals surface area contributed by atoms with Gasteiger partial charge in [-0.3, -0.25) is 4.79 Å². The van der Waals surface area contributed by atoms with E-state index in [0.29, 0.717) is 10.6 Å². The highest BCUT2D eigenvalue weighted by Gasteiger charge is 2.23. The second-order valence-corrected chi connectivity index (χ2v) is 4.67.